The Morgan fingerprint density at radius 1 is 1.35 bits per heavy atom. The van der Waals surface area contributed by atoms with Gasteiger partial charge in [-0.3, -0.25) is 0 Å². The van der Waals surface area contributed by atoms with Crippen LogP contribution in [0.25, 0.3) is 0 Å². The molecule has 0 saturated heterocycles. The molecule has 0 aliphatic carbocycles. The predicted octanol–water partition coefficient (Wildman–Crippen LogP) is 3.81. The van der Waals surface area contributed by atoms with Crippen molar-refractivity contribution in [2.75, 3.05) is 31.7 Å². The maximum atomic E-state index is 5.23. The minimum atomic E-state index is 0.511. The van der Waals surface area contributed by atoms with Gasteiger partial charge in [0.25, 0.3) is 0 Å². The zero-order valence-electron chi connectivity index (χ0n) is 13.1. The molecule has 0 saturated carbocycles. The van der Waals surface area contributed by atoms with Gasteiger partial charge in [0.1, 0.15) is 0 Å². The van der Waals surface area contributed by atoms with Crippen molar-refractivity contribution in [3.63, 3.8) is 0 Å². The van der Waals surface area contributed by atoms with Crippen molar-refractivity contribution in [2.45, 2.75) is 39.8 Å². The maximum Gasteiger partial charge on any atom is 0.0637 e. The van der Waals surface area contributed by atoms with Crippen LogP contribution in [0.4, 0.5) is 5.69 Å². The molecule has 0 aromatic heterocycles. The molecule has 114 valence electrons. The van der Waals surface area contributed by atoms with Gasteiger partial charge in [0, 0.05) is 36.4 Å². The topological polar surface area (TPSA) is 24.5 Å². The second-order valence-electron chi connectivity index (χ2n) is 5.00. The quantitative estimate of drug-likeness (QED) is 0.738. The molecule has 1 rings (SSSR count). The van der Waals surface area contributed by atoms with Crippen molar-refractivity contribution < 1.29 is 4.74 Å². The predicted molar refractivity (Wildman–Crippen MR) is 90.5 cm³/mol. The first kappa shape index (κ1) is 17.5. The lowest BCUT2D eigenvalue weighted by atomic mass is 10.1. The average molecular weight is 343 g/mol. The molecule has 0 aliphatic heterocycles. The van der Waals surface area contributed by atoms with Gasteiger partial charge in [-0.2, -0.15) is 0 Å². The minimum Gasteiger partial charge on any atom is -0.383 e. The van der Waals surface area contributed by atoms with E-state index in [1.54, 1.807) is 7.11 Å². The van der Waals surface area contributed by atoms with E-state index >= 15 is 0 Å². The van der Waals surface area contributed by atoms with Crippen LogP contribution >= 0.6 is 15.9 Å². The number of methoxy groups -OCH3 is 1. The summed E-state index contributed by atoms with van der Waals surface area (Å²) in [6.45, 7) is 10.2. The Morgan fingerprint density at radius 2 is 2.10 bits per heavy atom. The van der Waals surface area contributed by atoms with Gasteiger partial charge in [-0.1, -0.05) is 35.8 Å². The summed E-state index contributed by atoms with van der Waals surface area (Å²) in [6.07, 6.45) is 1.13. The van der Waals surface area contributed by atoms with Crippen LogP contribution in [0.5, 0.6) is 0 Å². The summed E-state index contributed by atoms with van der Waals surface area (Å²) in [7, 11) is 1.75. The van der Waals surface area contributed by atoms with E-state index in [9.17, 15) is 0 Å². The van der Waals surface area contributed by atoms with E-state index < -0.39 is 0 Å². The highest BCUT2D eigenvalue weighted by Gasteiger charge is 2.14. The molecule has 0 fully saturated rings. The van der Waals surface area contributed by atoms with Gasteiger partial charge in [-0.15, -0.1) is 0 Å². The third kappa shape index (κ3) is 5.08. The summed E-state index contributed by atoms with van der Waals surface area (Å²) < 4.78 is 6.40. The van der Waals surface area contributed by atoms with Crippen molar-refractivity contribution in [3.8, 4) is 0 Å². The second kappa shape index (κ2) is 9.37. The van der Waals surface area contributed by atoms with Gasteiger partial charge < -0.3 is 15.0 Å². The SMILES string of the molecule is CCNCc1ccc(N(CCOC)C(C)CC)cc1Br. The molecule has 0 radical (unpaired) electrons. The minimum absolute atomic E-state index is 0.511. The fourth-order valence-corrected chi connectivity index (χ4v) is 2.64. The number of rotatable bonds is 9. The maximum absolute atomic E-state index is 5.23. The lowest BCUT2D eigenvalue weighted by Gasteiger charge is -2.31. The van der Waals surface area contributed by atoms with Gasteiger partial charge in [0.15, 0.2) is 0 Å². The van der Waals surface area contributed by atoms with E-state index in [0.29, 0.717) is 6.04 Å². The first-order valence-corrected chi connectivity index (χ1v) is 8.18. The molecule has 4 heteroatoms. The van der Waals surface area contributed by atoms with Crippen LogP contribution < -0.4 is 10.2 Å². The summed E-state index contributed by atoms with van der Waals surface area (Å²) >= 11 is 3.69. The van der Waals surface area contributed by atoms with E-state index in [1.165, 1.54) is 15.7 Å². The van der Waals surface area contributed by atoms with Crippen LogP contribution in [0.2, 0.25) is 0 Å². The molecule has 1 N–H and O–H groups in total. The van der Waals surface area contributed by atoms with Crippen LogP contribution in [0.15, 0.2) is 22.7 Å². The number of ether oxygens (including phenoxy) is 1. The summed E-state index contributed by atoms with van der Waals surface area (Å²) in [6, 6.07) is 7.13. The molecule has 0 heterocycles. The molecular formula is C16H27BrN2O. The monoisotopic (exact) mass is 342 g/mol. The van der Waals surface area contributed by atoms with Crippen LogP contribution in [-0.2, 0) is 11.3 Å². The Labute approximate surface area is 131 Å². The Morgan fingerprint density at radius 3 is 2.65 bits per heavy atom. The summed E-state index contributed by atoms with van der Waals surface area (Å²) in [5.74, 6) is 0. The molecule has 3 nitrogen and oxygen atoms in total. The molecule has 1 unspecified atom stereocenters. The molecule has 1 atom stereocenters. The van der Waals surface area contributed by atoms with Crippen molar-refractivity contribution in [1.82, 2.24) is 5.32 Å². The Balaban J connectivity index is 2.87. The van der Waals surface area contributed by atoms with Crippen molar-refractivity contribution >= 4 is 21.6 Å². The van der Waals surface area contributed by atoms with Gasteiger partial charge in [0.2, 0.25) is 0 Å². The first-order valence-electron chi connectivity index (χ1n) is 7.38. The Hall–Kier alpha value is -0.580. The molecule has 0 amide bonds. The van der Waals surface area contributed by atoms with Gasteiger partial charge in [-0.25, -0.2) is 0 Å². The van der Waals surface area contributed by atoms with Crippen LogP contribution in [0.1, 0.15) is 32.8 Å². The smallest absolute Gasteiger partial charge is 0.0637 e. The van der Waals surface area contributed by atoms with E-state index in [-0.39, 0.29) is 0 Å². The molecule has 0 bridgehead atoms. The fourth-order valence-electron chi connectivity index (χ4n) is 2.13. The van der Waals surface area contributed by atoms with Crippen LogP contribution in [0, 0.1) is 0 Å². The standard InChI is InChI=1S/C16H27BrN2O/c1-5-13(3)19(9-10-20-4)15-8-7-14(12-18-6-2)16(17)11-15/h7-8,11,13,18H,5-6,9-10,12H2,1-4H3. The zero-order chi connectivity index (χ0) is 15.0. The second-order valence-corrected chi connectivity index (χ2v) is 5.85. The number of anilines is 1. The van der Waals surface area contributed by atoms with Crippen LogP contribution in [0.3, 0.4) is 0 Å². The highest BCUT2D eigenvalue weighted by molar-refractivity contribution is 9.10. The first-order chi connectivity index (χ1) is 9.63. The lowest BCUT2D eigenvalue weighted by Crippen LogP contribution is -2.35. The van der Waals surface area contributed by atoms with E-state index in [2.05, 4.69) is 65.1 Å². The molecule has 0 spiro atoms. The Kier molecular flexibility index (Phi) is 8.19. The normalized spacial score (nSPS) is 12.4. The highest BCUT2D eigenvalue weighted by Crippen LogP contribution is 2.26. The summed E-state index contributed by atoms with van der Waals surface area (Å²) in [5.41, 5.74) is 2.55. The average Bonchev–Trinajstić information content (AvgIpc) is 2.46. The molecule has 20 heavy (non-hydrogen) atoms. The van der Waals surface area contributed by atoms with Crippen molar-refractivity contribution in [2.24, 2.45) is 0 Å². The van der Waals surface area contributed by atoms with Gasteiger partial charge >= 0.3 is 0 Å². The van der Waals surface area contributed by atoms with Crippen molar-refractivity contribution in [1.29, 1.82) is 0 Å². The van der Waals surface area contributed by atoms with E-state index in [1.807, 2.05) is 0 Å². The fraction of sp³-hybridized carbons (Fsp3) is 0.625. The van der Waals surface area contributed by atoms with E-state index in [4.69, 9.17) is 4.74 Å². The number of hydrogen-bond donors (Lipinski definition) is 1. The van der Waals surface area contributed by atoms with Crippen molar-refractivity contribution in [3.05, 3.63) is 28.2 Å². The van der Waals surface area contributed by atoms with Gasteiger partial charge in [-0.05, 0) is 37.6 Å². The number of nitrogens with zero attached hydrogens (tertiary/aromatic N) is 1. The molecule has 1 aromatic carbocycles. The highest BCUT2D eigenvalue weighted by atomic mass is 79.9. The number of nitrogens with one attached hydrogen (secondary N) is 1. The summed E-state index contributed by atoms with van der Waals surface area (Å²) in [4.78, 5) is 2.41. The van der Waals surface area contributed by atoms with E-state index in [0.717, 1.165) is 32.7 Å². The number of benzene rings is 1. The largest absolute Gasteiger partial charge is 0.383 e. The third-order valence-electron chi connectivity index (χ3n) is 3.59. The number of hydrogen-bond acceptors (Lipinski definition) is 3. The molecule has 0 aliphatic rings. The summed E-state index contributed by atoms with van der Waals surface area (Å²) in [5, 5.41) is 3.36. The number of halogens is 1. The zero-order valence-corrected chi connectivity index (χ0v) is 14.7. The van der Waals surface area contributed by atoms with Gasteiger partial charge in [0.05, 0.1) is 6.61 Å². The van der Waals surface area contributed by atoms with Crippen LogP contribution in [-0.4, -0.2) is 32.8 Å². The Bertz CT molecular complexity index is 398. The molecular weight excluding hydrogens is 316 g/mol. The third-order valence-corrected chi connectivity index (χ3v) is 4.33. The molecule has 1 aromatic rings. The lowest BCUT2D eigenvalue weighted by molar-refractivity contribution is 0.203.